The molecular formula is C2H2N6O5. The largest absolute Gasteiger partial charge is 0.283 e. The van der Waals surface area contributed by atoms with E-state index in [0.29, 0.717) is 0 Å². The second kappa shape index (κ2) is 3.29. The number of aromatic nitrogens is 2. The zero-order valence-electron chi connectivity index (χ0n) is 5.83. The van der Waals surface area contributed by atoms with E-state index in [1.54, 1.807) is 10.9 Å². The number of rotatable bonds is 4. The molecule has 0 saturated heterocycles. The van der Waals surface area contributed by atoms with Crippen molar-refractivity contribution in [1.82, 2.24) is 10.3 Å². The predicted molar refractivity (Wildman–Crippen MR) is 35.5 cm³/mol. The van der Waals surface area contributed by atoms with Crippen LogP contribution in [0.25, 0.3) is 0 Å². The van der Waals surface area contributed by atoms with Gasteiger partial charge in [0.25, 0.3) is 11.6 Å². The van der Waals surface area contributed by atoms with Crippen molar-refractivity contribution in [2.24, 2.45) is 0 Å². The van der Waals surface area contributed by atoms with Crippen LogP contribution >= 0.6 is 0 Å². The molecule has 0 spiro atoms. The quantitative estimate of drug-likeness (QED) is 0.462. The maximum Gasteiger partial charge on any atom is 0.283 e. The molecule has 0 bridgehead atoms. The Balaban J connectivity index is 2.76. The highest BCUT2D eigenvalue weighted by molar-refractivity contribution is 5.54. The molecule has 0 amide bonds. The molecule has 1 aromatic rings. The first kappa shape index (κ1) is 8.63. The van der Waals surface area contributed by atoms with Crippen LogP contribution in [-0.2, 0) is 0 Å². The molecule has 2 N–H and O–H groups in total. The number of hydrogen-bond acceptors (Lipinski definition) is 7. The van der Waals surface area contributed by atoms with Crippen molar-refractivity contribution in [3.63, 3.8) is 0 Å². The van der Waals surface area contributed by atoms with Gasteiger partial charge in [0.15, 0.2) is 10.1 Å². The maximum absolute atomic E-state index is 9.89. The molecule has 0 aliphatic heterocycles. The van der Waals surface area contributed by atoms with E-state index in [4.69, 9.17) is 0 Å². The van der Waals surface area contributed by atoms with Crippen LogP contribution in [0.1, 0.15) is 0 Å². The second-order valence-electron chi connectivity index (χ2n) is 1.70. The Morgan fingerprint density at radius 2 is 1.46 bits per heavy atom. The number of hydrazine groups is 2. The molecule has 0 saturated carbocycles. The van der Waals surface area contributed by atoms with Crippen LogP contribution in [0.15, 0.2) is 4.63 Å². The van der Waals surface area contributed by atoms with Gasteiger partial charge in [-0.3, -0.25) is 0 Å². The fourth-order valence-corrected chi connectivity index (χ4v) is 0.508. The van der Waals surface area contributed by atoms with Gasteiger partial charge in [-0.05, 0) is 10.3 Å². The molecule has 11 heteroatoms. The van der Waals surface area contributed by atoms with Crippen molar-refractivity contribution in [3.05, 3.63) is 20.2 Å². The highest BCUT2D eigenvalue weighted by atomic mass is 16.7. The van der Waals surface area contributed by atoms with Gasteiger partial charge in [0.2, 0.25) is 0 Å². The summed E-state index contributed by atoms with van der Waals surface area (Å²) in [6.45, 7) is 0. The molecule has 0 aliphatic carbocycles. The van der Waals surface area contributed by atoms with Crippen LogP contribution in [0.3, 0.4) is 0 Å². The van der Waals surface area contributed by atoms with E-state index in [1.807, 2.05) is 0 Å². The summed E-state index contributed by atoms with van der Waals surface area (Å²) in [7, 11) is 0. The van der Waals surface area contributed by atoms with Crippen LogP contribution < -0.4 is 10.9 Å². The van der Waals surface area contributed by atoms with E-state index in [-0.39, 0.29) is 0 Å². The van der Waals surface area contributed by atoms with Gasteiger partial charge >= 0.3 is 0 Å². The van der Waals surface area contributed by atoms with Crippen molar-refractivity contribution in [2.75, 3.05) is 10.9 Å². The fourth-order valence-electron chi connectivity index (χ4n) is 0.508. The minimum atomic E-state index is -0.954. The molecule has 70 valence electrons. The highest BCUT2D eigenvalue weighted by Gasteiger charge is 2.17. The first-order valence-corrected chi connectivity index (χ1v) is 2.74. The first-order chi connectivity index (χ1) is 6.09. The Morgan fingerprint density at radius 3 is 1.77 bits per heavy atom. The molecule has 13 heavy (non-hydrogen) atoms. The van der Waals surface area contributed by atoms with Crippen LogP contribution in [0.4, 0.5) is 11.6 Å². The molecule has 0 radical (unpaired) electrons. The van der Waals surface area contributed by atoms with Crippen LogP contribution in [0.2, 0.25) is 0 Å². The van der Waals surface area contributed by atoms with E-state index in [2.05, 4.69) is 14.9 Å². The predicted octanol–water partition coefficient (Wildman–Crippen LogP) is -0.723. The number of hydrogen-bond donors (Lipinski definition) is 2. The van der Waals surface area contributed by atoms with E-state index in [1.165, 1.54) is 0 Å². The number of nitrogens with zero attached hydrogens (tertiary/aromatic N) is 4. The van der Waals surface area contributed by atoms with Crippen LogP contribution in [-0.4, -0.2) is 20.4 Å². The Labute approximate surface area is 68.9 Å². The van der Waals surface area contributed by atoms with Gasteiger partial charge in [0.1, 0.15) is 0 Å². The lowest BCUT2D eigenvalue weighted by Gasteiger charge is -1.91. The van der Waals surface area contributed by atoms with Crippen molar-refractivity contribution in [3.8, 4) is 0 Å². The molecule has 0 atom stereocenters. The average Bonchev–Trinajstić information content (AvgIpc) is 2.34. The summed E-state index contributed by atoms with van der Waals surface area (Å²) in [5.74, 6) is -0.941. The second-order valence-corrected chi connectivity index (χ2v) is 1.70. The molecular weight excluding hydrogens is 188 g/mol. The molecule has 1 rings (SSSR count). The number of anilines is 2. The minimum absolute atomic E-state index is 0.471. The smallest absolute Gasteiger partial charge is 0.240 e. The topological polar surface area (TPSA) is 149 Å². The van der Waals surface area contributed by atoms with Crippen molar-refractivity contribution in [1.29, 1.82) is 0 Å². The highest BCUT2D eigenvalue weighted by Crippen LogP contribution is 2.14. The Morgan fingerprint density at radius 1 is 1.08 bits per heavy atom. The molecule has 0 aliphatic rings. The lowest BCUT2D eigenvalue weighted by molar-refractivity contribution is -0.449. The van der Waals surface area contributed by atoms with Crippen LogP contribution in [0.5, 0.6) is 0 Å². The third-order valence-corrected chi connectivity index (χ3v) is 0.883. The summed E-state index contributed by atoms with van der Waals surface area (Å²) in [5, 5.41) is 23.9. The standard InChI is InChI=1S/C2H2N6O5/c9-7(10)3-1-2(4-8(11)12)6-13-5-1/h(H,3,5)(H,4,6). The van der Waals surface area contributed by atoms with Crippen molar-refractivity contribution < 1.29 is 14.7 Å². The summed E-state index contributed by atoms with van der Waals surface area (Å²) < 4.78 is 4.01. The van der Waals surface area contributed by atoms with E-state index >= 15 is 0 Å². The van der Waals surface area contributed by atoms with Gasteiger partial charge in [-0.25, -0.2) is 24.9 Å². The van der Waals surface area contributed by atoms with E-state index in [9.17, 15) is 20.2 Å². The van der Waals surface area contributed by atoms with Gasteiger partial charge in [-0.15, -0.1) is 0 Å². The third-order valence-electron chi connectivity index (χ3n) is 0.883. The molecule has 0 fully saturated rings. The number of nitrogens with one attached hydrogen (secondary N) is 2. The van der Waals surface area contributed by atoms with E-state index in [0.717, 1.165) is 0 Å². The summed E-state index contributed by atoms with van der Waals surface area (Å²) in [5.41, 5.74) is 3.09. The Kier molecular flexibility index (Phi) is 2.19. The fraction of sp³-hybridized carbons (Fsp3) is 0. The number of nitro groups is 2. The average molecular weight is 190 g/mol. The third kappa shape index (κ3) is 2.25. The Bertz CT molecular complexity index is 301. The molecule has 1 heterocycles. The van der Waals surface area contributed by atoms with Gasteiger partial charge < -0.3 is 0 Å². The molecule has 11 nitrogen and oxygen atoms in total. The molecule has 1 aromatic heterocycles. The summed E-state index contributed by atoms with van der Waals surface area (Å²) >= 11 is 0. The lowest BCUT2D eigenvalue weighted by Crippen LogP contribution is -2.13. The summed E-state index contributed by atoms with van der Waals surface area (Å²) in [6.07, 6.45) is 0. The van der Waals surface area contributed by atoms with Crippen LogP contribution in [0, 0.1) is 20.2 Å². The monoisotopic (exact) mass is 190 g/mol. The molecule has 0 aromatic carbocycles. The normalized spacial score (nSPS) is 9.23. The van der Waals surface area contributed by atoms with Gasteiger partial charge in [-0.1, -0.05) is 10.9 Å². The Hall–Kier alpha value is -2.46. The van der Waals surface area contributed by atoms with Gasteiger partial charge in [0.05, 0.1) is 0 Å². The summed E-state index contributed by atoms with van der Waals surface area (Å²) in [6, 6.07) is 0. The molecule has 0 unspecified atom stereocenters. The van der Waals surface area contributed by atoms with E-state index < -0.39 is 21.7 Å². The zero-order chi connectivity index (χ0) is 9.84. The first-order valence-electron chi connectivity index (χ1n) is 2.74. The van der Waals surface area contributed by atoms with Gasteiger partial charge in [0, 0.05) is 0 Å². The maximum atomic E-state index is 9.89. The zero-order valence-corrected chi connectivity index (χ0v) is 5.83. The van der Waals surface area contributed by atoms with Crippen molar-refractivity contribution >= 4 is 11.6 Å². The van der Waals surface area contributed by atoms with Gasteiger partial charge in [-0.2, -0.15) is 0 Å². The lowest BCUT2D eigenvalue weighted by atomic mass is 10.7. The van der Waals surface area contributed by atoms with Crippen molar-refractivity contribution in [2.45, 2.75) is 0 Å². The SMILES string of the molecule is O=[N+]([O-])Nc1nonc1N[N+](=O)[O-]. The summed E-state index contributed by atoms with van der Waals surface area (Å²) in [4.78, 5) is 19.8. The minimum Gasteiger partial charge on any atom is -0.240 e.